The summed E-state index contributed by atoms with van der Waals surface area (Å²) >= 11 is 3.78. The Hall–Kier alpha value is 0.890. The zero-order valence-electron chi connectivity index (χ0n) is 2.52. The molecule has 0 fully saturated rings. The van der Waals surface area contributed by atoms with Gasteiger partial charge in [0, 0.05) is 29.6 Å². The zero-order valence-corrected chi connectivity index (χ0v) is 5.34. The van der Waals surface area contributed by atoms with Gasteiger partial charge in [0.25, 0.3) is 6.79 Å². The summed E-state index contributed by atoms with van der Waals surface area (Å²) in [6.07, 6.45) is 0. The minimum absolute atomic E-state index is 0. The van der Waals surface area contributed by atoms with Crippen LogP contribution in [0.3, 0.4) is 0 Å². The van der Waals surface area contributed by atoms with E-state index in [9.17, 15) is 0 Å². The van der Waals surface area contributed by atoms with Crippen LogP contribution < -0.4 is 0 Å². The number of carbonyl (C=O) groups excluding carboxylic acids is 1. The first kappa shape index (κ1) is 8.86. The summed E-state index contributed by atoms with van der Waals surface area (Å²) in [5.74, 6) is 0. The predicted molar refractivity (Wildman–Crippen MR) is 20.2 cm³/mol. The third-order valence-electron chi connectivity index (χ3n) is 0. The van der Waals surface area contributed by atoms with Gasteiger partial charge in [0.1, 0.15) is 0 Å². The van der Waals surface area contributed by atoms with E-state index in [4.69, 9.17) is 0 Å². The second-order valence-electron chi connectivity index (χ2n) is 0.118. The van der Waals surface area contributed by atoms with E-state index in [1.165, 1.54) is 0 Å². The molecule has 0 aliphatic heterocycles. The summed E-state index contributed by atoms with van der Waals surface area (Å²) in [6.45, 7) is 2.80. The Morgan fingerprint density at radius 3 is 1.75 bits per heavy atom. The van der Waals surface area contributed by atoms with Crippen molar-refractivity contribution < 1.29 is 3.87 Å². The second kappa shape index (κ2) is 9.10. The molecule has 0 spiro atoms. The fourth-order valence-electron chi connectivity index (χ4n) is 0. The summed E-state index contributed by atoms with van der Waals surface area (Å²) in [6, 6.07) is 0. The Morgan fingerprint density at radius 2 is 1.75 bits per heavy atom. The van der Waals surface area contributed by atoms with Crippen molar-refractivity contribution in [3.8, 4) is 0 Å². The van der Waals surface area contributed by atoms with E-state index < -0.39 is 0 Å². The van der Waals surface area contributed by atoms with Crippen molar-refractivity contribution in [1.29, 1.82) is 0 Å². The molecule has 0 heterocycles. The van der Waals surface area contributed by atoms with E-state index in [1.807, 2.05) is 0 Å². The van der Waals surface area contributed by atoms with Gasteiger partial charge in [-0.2, -0.15) is 0 Å². The summed E-state index contributed by atoms with van der Waals surface area (Å²) in [5, 5.41) is 0. The van der Waals surface area contributed by atoms with Crippen LogP contribution in [0.2, 0.25) is 0 Å². The fraction of sp³-hybridized carbons (Fsp3) is 0. The second-order valence-corrected chi connectivity index (χ2v) is 0.354. The van der Waals surface area contributed by atoms with Gasteiger partial charge in [-0.25, -0.2) is 12.9 Å². The molecule has 0 unspecified atom stereocenters. The average Bonchev–Trinajstić information content (AvgIpc) is 0.918. The van der Waals surface area contributed by atoms with Crippen LogP contribution in [0.5, 0.6) is 0 Å². The average molecular weight is 85.1 g/mol. The first-order valence-electron chi connectivity index (χ1n) is 0.455. The van der Waals surface area contributed by atoms with Crippen LogP contribution in [-0.4, -0.2) is 36.3 Å². The molecule has 0 aromatic heterocycles. The Labute approximate surface area is 53.0 Å². The van der Waals surface area contributed by atoms with Crippen LogP contribution >= 0.6 is 0 Å². The summed E-state index contributed by atoms with van der Waals surface area (Å²) in [7, 11) is 0. The summed E-state index contributed by atoms with van der Waals surface area (Å²) in [5.41, 5.74) is 0. The molecule has 0 aromatic rings. The van der Waals surface area contributed by atoms with E-state index in [0.29, 0.717) is 0 Å². The number of rotatable bonds is 0. The van der Waals surface area contributed by atoms with Gasteiger partial charge in [0.2, 0.25) is 0 Å². The smallest absolute Gasteiger partial charge is 0.253 e. The standard InChI is InChI=1S/CH2OS.Na/c1-2-3;/h1H2;. The van der Waals surface area contributed by atoms with Crippen LogP contribution in [0.15, 0.2) is 0 Å². The van der Waals surface area contributed by atoms with Gasteiger partial charge in [-0.3, -0.25) is 0 Å². The molecule has 0 saturated heterocycles. The maximum absolute atomic E-state index is 3.78. The van der Waals surface area contributed by atoms with Crippen molar-refractivity contribution in [2.45, 2.75) is 0 Å². The van der Waals surface area contributed by atoms with Crippen LogP contribution in [0.4, 0.5) is 0 Å². The Morgan fingerprint density at radius 1 is 1.75 bits per heavy atom. The molecule has 0 amide bonds. The van der Waals surface area contributed by atoms with E-state index >= 15 is 0 Å². The molecule has 0 N–H and O–H groups in total. The summed E-state index contributed by atoms with van der Waals surface area (Å²) in [4.78, 5) is 0. The molecule has 0 rings (SSSR count). The van der Waals surface area contributed by atoms with Crippen molar-refractivity contribution in [1.82, 2.24) is 0 Å². The van der Waals surface area contributed by atoms with Crippen molar-refractivity contribution in [3.63, 3.8) is 0 Å². The first-order valence-corrected chi connectivity index (χ1v) is 0.789. The van der Waals surface area contributed by atoms with Gasteiger partial charge in [-0.1, -0.05) is 0 Å². The molecule has 0 atom stereocenters. The topological polar surface area (TPSA) is 11.3 Å². The largest absolute Gasteiger partial charge is 0.363 e. The molecule has 0 aliphatic carbocycles. The van der Waals surface area contributed by atoms with E-state index in [-0.39, 0.29) is 29.6 Å². The van der Waals surface area contributed by atoms with Gasteiger partial charge in [-0.05, 0) is 0 Å². The van der Waals surface area contributed by atoms with Gasteiger partial charge in [-0.15, -0.1) is 0 Å². The molecule has 0 saturated carbocycles. The van der Waals surface area contributed by atoms with Crippen LogP contribution in [0.25, 0.3) is 0 Å². The zero-order chi connectivity index (χ0) is 2.71. The van der Waals surface area contributed by atoms with E-state index in [0.717, 1.165) is 0 Å². The maximum Gasteiger partial charge on any atom is 0.253 e. The first-order chi connectivity index (χ1) is 1.41. The Balaban J connectivity index is 0. The third-order valence-corrected chi connectivity index (χ3v) is 0. The predicted octanol–water partition coefficient (Wildman–Crippen LogP) is -0.568. The minimum atomic E-state index is 0. The normalized spacial score (nSPS) is 3.00. The van der Waals surface area contributed by atoms with Gasteiger partial charge >= 0.3 is 0 Å². The van der Waals surface area contributed by atoms with E-state index in [2.05, 4.69) is 23.6 Å². The van der Waals surface area contributed by atoms with Gasteiger partial charge < -0.3 is 3.87 Å². The molecule has 1 radical (unpaired) electrons. The third kappa shape index (κ3) is 13.0. The van der Waals surface area contributed by atoms with Crippen molar-refractivity contribution >= 4 is 49.3 Å². The monoisotopic (exact) mass is 85.0 g/mol. The van der Waals surface area contributed by atoms with Crippen molar-refractivity contribution in [2.75, 3.05) is 0 Å². The van der Waals surface area contributed by atoms with Gasteiger partial charge in [0.05, 0.1) is 0 Å². The SMILES string of the molecule is C=[O+][S-].[Na]. The number of hydrogen-bond acceptors (Lipinski definition) is 1. The minimum Gasteiger partial charge on any atom is -0.363 e. The fourth-order valence-corrected chi connectivity index (χ4v) is 0. The molecular formula is CH2NaOS. The van der Waals surface area contributed by atoms with Gasteiger partial charge in [0.15, 0.2) is 0 Å². The summed E-state index contributed by atoms with van der Waals surface area (Å²) < 4.78 is 3.58. The molecule has 0 aromatic carbocycles. The van der Waals surface area contributed by atoms with Crippen molar-refractivity contribution in [2.24, 2.45) is 0 Å². The quantitative estimate of drug-likeness (QED) is 0.218. The van der Waals surface area contributed by atoms with Crippen LogP contribution in [0, 0.1) is 0 Å². The molecule has 1 nitrogen and oxygen atoms in total. The molecule has 19 valence electrons. The number of hydrogen-bond donors (Lipinski definition) is 0. The molecule has 3 heteroatoms. The van der Waals surface area contributed by atoms with Crippen molar-refractivity contribution in [3.05, 3.63) is 0 Å². The Kier molecular flexibility index (Phi) is 20.1. The maximum atomic E-state index is 3.78. The molecule has 0 aliphatic rings. The molecule has 4 heavy (non-hydrogen) atoms. The van der Waals surface area contributed by atoms with Crippen LogP contribution in [-0.2, 0) is 16.8 Å². The van der Waals surface area contributed by atoms with E-state index in [1.54, 1.807) is 0 Å². The molecular weight excluding hydrogens is 83.1 g/mol. The van der Waals surface area contributed by atoms with Crippen LogP contribution in [0.1, 0.15) is 0 Å². The molecule has 0 bridgehead atoms. The Bertz CT molecular complexity index is 15.5.